The molecule has 1 aliphatic carbocycles. The lowest BCUT2D eigenvalue weighted by Gasteiger charge is -2.49. The van der Waals surface area contributed by atoms with Gasteiger partial charge in [-0.2, -0.15) is 13.2 Å². The first-order valence-electron chi connectivity index (χ1n) is 7.22. The Labute approximate surface area is 141 Å². The summed E-state index contributed by atoms with van der Waals surface area (Å²) >= 11 is 3.26. The van der Waals surface area contributed by atoms with Crippen LogP contribution in [0.2, 0.25) is 0 Å². The van der Waals surface area contributed by atoms with Crippen LogP contribution in [0.1, 0.15) is 39.0 Å². The topological polar surface area (TPSA) is 34.1 Å². The first kappa shape index (κ1) is 18.5. The summed E-state index contributed by atoms with van der Waals surface area (Å²) in [5.74, 6) is 0.483. The first-order chi connectivity index (χ1) is 10.2. The van der Waals surface area contributed by atoms with Gasteiger partial charge in [0, 0.05) is 18.3 Å². The highest BCUT2D eigenvalue weighted by Gasteiger charge is 2.57. The fourth-order valence-electron chi connectivity index (χ4n) is 3.06. The molecule has 1 aliphatic heterocycles. The third-order valence-electron chi connectivity index (χ3n) is 4.10. The molecule has 0 bridgehead atoms. The van der Waals surface area contributed by atoms with Gasteiger partial charge in [-0.05, 0) is 30.8 Å². The van der Waals surface area contributed by atoms with Gasteiger partial charge >= 0.3 is 6.18 Å². The maximum absolute atomic E-state index is 12.7. The highest BCUT2D eigenvalue weighted by molar-refractivity contribution is 8.25. The minimum Gasteiger partial charge on any atom is -0.300 e. The van der Waals surface area contributed by atoms with E-state index in [0.717, 1.165) is 30.8 Å². The lowest BCUT2D eigenvalue weighted by Crippen LogP contribution is -2.51. The molecule has 8 heteroatoms. The quantitative estimate of drug-likeness (QED) is 0.727. The summed E-state index contributed by atoms with van der Waals surface area (Å²) in [6.07, 6.45) is -1.16. The van der Waals surface area contributed by atoms with Gasteiger partial charge in [-0.1, -0.05) is 18.7 Å². The molecule has 1 heterocycles. The third-order valence-corrected chi connectivity index (χ3v) is 9.26. The van der Waals surface area contributed by atoms with Crippen LogP contribution in [-0.4, -0.2) is 38.4 Å². The number of rotatable bonds is 3. The summed E-state index contributed by atoms with van der Waals surface area (Å²) in [5.41, 5.74) is -0.548. The molecule has 0 amide bonds. The van der Waals surface area contributed by atoms with Crippen molar-refractivity contribution in [3.8, 4) is 0 Å². The molecule has 0 aromatic carbocycles. The van der Waals surface area contributed by atoms with E-state index in [0.29, 0.717) is 24.6 Å². The number of alkyl halides is 3. The Morgan fingerprint density at radius 1 is 1.27 bits per heavy atom. The lowest BCUT2D eigenvalue weighted by atomic mass is 9.72. The van der Waals surface area contributed by atoms with Crippen LogP contribution in [0.25, 0.3) is 0 Å². The number of ketones is 1. The molecule has 0 radical (unpaired) electrons. The number of Topliss-reactive ketones (excluding diaryl/α,β-unsaturated/α-hetero) is 1. The summed E-state index contributed by atoms with van der Waals surface area (Å²) in [7, 11) is 0. The van der Waals surface area contributed by atoms with Crippen molar-refractivity contribution in [3.05, 3.63) is 0 Å². The molecule has 0 N–H and O–H groups in total. The maximum atomic E-state index is 12.7. The van der Waals surface area contributed by atoms with Gasteiger partial charge in [0.1, 0.15) is 9.86 Å². The molecule has 2 aliphatic rings. The molecule has 22 heavy (non-hydrogen) atoms. The minimum atomic E-state index is -4.35. The molecule has 0 aromatic rings. The Bertz CT molecular complexity index is 447. The van der Waals surface area contributed by atoms with Gasteiger partial charge in [-0.15, -0.1) is 23.5 Å². The molecule has 0 spiro atoms. The molecule has 2 nitrogen and oxygen atoms in total. The maximum Gasteiger partial charge on any atom is 0.398 e. The third kappa shape index (κ3) is 3.98. The zero-order valence-corrected chi connectivity index (χ0v) is 14.8. The van der Waals surface area contributed by atoms with Crippen molar-refractivity contribution in [1.29, 1.82) is 0 Å². The SMILES string of the molecule is CC1(C2(C(=O)SCC(F)(F)F)SCCCS2)CCCC(=O)C1. The van der Waals surface area contributed by atoms with Gasteiger partial charge in [-0.25, -0.2) is 0 Å². The Hall–Kier alpha value is 0.180. The highest BCUT2D eigenvalue weighted by Crippen LogP contribution is 2.60. The van der Waals surface area contributed by atoms with Crippen molar-refractivity contribution in [2.45, 2.75) is 49.3 Å². The van der Waals surface area contributed by atoms with E-state index in [2.05, 4.69) is 0 Å². The predicted octanol–water partition coefficient (Wildman–Crippen LogP) is 4.52. The molecule has 1 saturated heterocycles. The van der Waals surface area contributed by atoms with Crippen LogP contribution in [0.3, 0.4) is 0 Å². The summed E-state index contributed by atoms with van der Waals surface area (Å²) in [4.78, 5) is 24.6. The summed E-state index contributed by atoms with van der Waals surface area (Å²) < 4.78 is 36.5. The van der Waals surface area contributed by atoms with Crippen LogP contribution in [0.5, 0.6) is 0 Å². The number of carbonyl (C=O) groups excluding carboxylic acids is 2. The van der Waals surface area contributed by atoms with Crippen molar-refractivity contribution < 1.29 is 22.8 Å². The van der Waals surface area contributed by atoms with Crippen molar-refractivity contribution >= 4 is 46.2 Å². The Morgan fingerprint density at radius 2 is 1.91 bits per heavy atom. The molecule has 1 saturated carbocycles. The molecule has 2 fully saturated rings. The predicted molar refractivity (Wildman–Crippen MR) is 87.4 cm³/mol. The van der Waals surface area contributed by atoms with Crippen LogP contribution in [0, 0.1) is 5.41 Å². The molecule has 0 aromatic heterocycles. The number of halogens is 3. The lowest BCUT2D eigenvalue weighted by molar-refractivity contribution is -0.125. The van der Waals surface area contributed by atoms with E-state index in [-0.39, 0.29) is 5.78 Å². The van der Waals surface area contributed by atoms with E-state index in [1.165, 1.54) is 23.5 Å². The highest BCUT2D eigenvalue weighted by atomic mass is 32.2. The van der Waals surface area contributed by atoms with Crippen molar-refractivity contribution in [3.63, 3.8) is 0 Å². The van der Waals surface area contributed by atoms with Crippen molar-refractivity contribution in [2.24, 2.45) is 5.41 Å². The molecule has 1 unspecified atom stereocenters. The first-order valence-corrected chi connectivity index (χ1v) is 10.2. The van der Waals surface area contributed by atoms with Crippen LogP contribution < -0.4 is 0 Å². The fourth-order valence-corrected chi connectivity index (χ4v) is 7.94. The van der Waals surface area contributed by atoms with Crippen LogP contribution in [-0.2, 0) is 9.59 Å². The second kappa shape index (κ2) is 6.97. The van der Waals surface area contributed by atoms with E-state index in [4.69, 9.17) is 0 Å². The standard InChI is InChI=1S/C14H19F3O2S3/c1-12(5-2-4-10(18)8-12)14(21-6-3-7-22-14)11(19)20-9-13(15,16)17/h2-9H2,1H3. The minimum absolute atomic E-state index is 0.119. The van der Waals surface area contributed by atoms with E-state index in [1.807, 2.05) is 6.92 Å². The van der Waals surface area contributed by atoms with E-state index in [9.17, 15) is 22.8 Å². The summed E-state index contributed by atoms with van der Waals surface area (Å²) in [5, 5.41) is -0.420. The molecule has 1 atom stereocenters. The average molecular weight is 372 g/mol. The van der Waals surface area contributed by atoms with Crippen LogP contribution in [0.4, 0.5) is 13.2 Å². The van der Waals surface area contributed by atoms with Gasteiger partial charge in [0.15, 0.2) is 0 Å². The zero-order valence-electron chi connectivity index (χ0n) is 12.3. The summed E-state index contributed by atoms with van der Waals surface area (Å²) in [6, 6.07) is 0. The summed E-state index contributed by atoms with van der Waals surface area (Å²) in [6.45, 7) is 1.90. The van der Waals surface area contributed by atoms with E-state index < -0.39 is 26.5 Å². The molecule has 2 rings (SSSR count). The van der Waals surface area contributed by atoms with Crippen molar-refractivity contribution in [1.82, 2.24) is 0 Å². The smallest absolute Gasteiger partial charge is 0.300 e. The second-order valence-corrected chi connectivity index (χ2v) is 9.81. The molecular weight excluding hydrogens is 353 g/mol. The van der Waals surface area contributed by atoms with Crippen molar-refractivity contribution in [2.75, 3.05) is 17.3 Å². The zero-order chi connectivity index (χ0) is 16.4. The number of thioether (sulfide) groups is 3. The second-order valence-electron chi connectivity index (χ2n) is 5.99. The van der Waals surface area contributed by atoms with Crippen LogP contribution in [0.15, 0.2) is 0 Å². The van der Waals surface area contributed by atoms with Gasteiger partial charge < -0.3 is 0 Å². The van der Waals surface area contributed by atoms with Gasteiger partial charge in [0.05, 0.1) is 5.75 Å². The van der Waals surface area contributed by atoms with Gasteiger partial charge in [0.2, 0.25) is 5.12 Å². The van der Waals surface area contributed by atoms with Gasteiger partial charge in [0.25, 0.3) is 0 Å². The Balaban J connectivity index is 2.23. The average Bonchev–Trinajstić information content (AvgIpc) is 2.44. The molecule has 126 valence electrons. The number of hydrogen-bond donors (Lipinski definition) is 0. The largest absolute Gasteiger partial charge is 0.398 e. The Morgan fingerprint density at radius 3 is 2.45 bits per heavy atom. The number of hydrogen-bond acceptors (Lipinski definition) is 5. The van der Waals surface area contributed by atoms with E-state index in [1.54, 1.807) is 0 Å². The molecular formula is C14H19F3O2S3. The van der Waals surface area contributed by atoms with E-state index >= 15 is 0 Å². The number of carbonyl (C=O) groups is 2. The van der Waals surface area contributed by atoms with Crippen LogP contribution >= 0.6 is 35.3 Å². The fraction of sp³-hybridized carbons (Fsp3) is 0.857. The van der Waals surface area contributed by atoms with Gasteiger partial charge in [-0.3, -0.25) is 9.59 Å². The monoisotopic (exact) mass is 372 g/mol. The Kier molecular flexibility index (Phi) is 5.87. The normalized spacial score (nSPS) is 29.4.